The van der Waals surface area contributed by atoms with Crippen LogP contribution in [0.15, 0.2) is 23.0 Å². The van der Waals surface area contributed by atoms with E-state index in [-0.39, 0.29) is 17.5 Å². The van der Waals surface area contributed by atoms with Gasteiger partial charge in [0.15, 0.2) is 3.95 Å². The molecule has 2 heterocycles. The number of amides is 1. The molecule has 24 heavy (non-hydrogen) atoms. The fourth-order valence-electron chi connectivity index (χ4n) is 3.38. The van der Waals surface area contributed by atoms with Crippen LogP contribution in [0.2, 0.25) is 0 Å². The fourth-order valence-corrected chi connectivity index (χ4v) is 4.67. The van der Waals surface area contributed by atoms with Gasteiger partial charge >= 0.3 is 0 Å². The smallest absolute Gasteiger partial charge is 0.265 e. The third kappa shape index (κ3) is 2.48. The van der Waals surface area contributed by atoms with Crippen molar-refractivity contribution in [2.45, 2.75) is 38.6 Å². The summed E-state index contributed by atoms with van der Waals surface area (Å²) in [4.78, 5) is 28.4. The lowest BCUT2D eigenvalue weighted by molar-refractivity contribution is 0.0943. The fraction of sp³-hybridized carbons (Fsp3) is 0.353. The van der Waals surface area contributed by atoms with Crippen molar-refractivity contribution in [2.24, 2.45) is 0 Å². The third-order valence-electron chi connectivity index (χ3n) is 4.58. The number of aromatic nitrogens is 2. The Bertz CT molecular complexity index is 1070. The van der Waals surface area contributed by atoms with Crippen molar-refractivity contribution in [2.75, 3.05) is 0 Å². The second kappa shape index (κ2) is 5.82. The molecule has 1 aliphatic carbocycles. The molecule has 7 heteroatoms. The summed E-state index contributed by atoms with van der Waals surface area (Å²) in [6, 6.07) is 5.89. The second-order valence-electron chi connectivity index (χ2n) is 6.31. The number of aromatic amines is 1. The Balaban J connectivity index is 1.90. The highest BCUT2D eigenvalue weighted by Crippen LogP contribution is 2.24. The van der Waals surface area contributed by atoms with E-state index in [0.29, 0.717) is 19.9 Å². The standard InChI is InChI=1S/C17H17N3O2S2/c1-9-6-7-12-11(8-9)15(21)19-14-13(24-17(23)20(12)14)16(22)18-10-4-2-3-5-10/h6-8,10H,2-5H2,1H3,(H,18,22)(H,19,21). The quantitative estimate of drug-likeness (QED) is 0.688. The van der Waals surface area contributed by atoms with Crippen LogP contribution < -0.4 is 10.9 Å². The number of hydrogen-bond donors (Lipinski definition) is 2. The number of aryl methyl sites for hydroxylation is 1. The molecule has 0 unspecified atom stereocenters. The first-order chi connectivity index (χ1) is 11.5. The van der Waals surface area contributed by atoms with E-state index in [4.69, 9.17) is 12.2 Å². The first-order valence-corrected chi connectivity index (χ1v) is 9.26. The summed E-state index contributed by atoms with van der Waals surface area (Å²) < 4.78 is 2.35. The van der Waals surface area contributed by atoms with Crippen LogP contribution in [0.3, 0.4) is 0 Å². The van der Waals surface area contributed by atoms with Gasteiger partial charge in [0.2, 0.25) is 0 Å². The van der Waals surface area contributed by atoms with E-state index >= 15 is 0 Å². The zero-order chi connectivity index (χ0) is 16.8. The molecular weight excluding hydrogens is 342 g/mol. The van der Waals surface area contributed by atoms with E-state index in [1.165, 1.54) is 11.3 Å². The van der Waals surface area contributed by atoms with Gasteiger partial charge < -0.3 is 10.3 Å². The molecule has 2 aromatic heterocycles. The lowest BCUT2D eigenvalue weighted by Crippen LogP contribution is -2.32. The molecule has 0 bridgehead atoms. The number of hydrogen-bond acceptors (Lipinski definition) is 4. The molecule has 0 saturated heterocycles. The Morgan fingerprint density at radius 3 is 2.88 bits per heavy atom. The van der Waals surface area contributed by atoms with Gasteiger partial charge in [0.05, 0.1) is 10.9 Å². The molecule has 1 amide bonds. The predicted molar refractivity (Wildman–Crippen MR) is 98.7 cm³/mol. The molecular formula is C17H17N3O2S2. The van der Waals surface area contributed by atoms with Crippen molar-refractivity contribution in [1.29, 1.82) is 0 Å². The normalized spacial score (nSPS) is 15.4. The molecule has 124 valence electrons. The molecule has 0 aliphatic heterocycles. The lowest BCUT2D eigenvalue weighted by Gasteiger charge is -2.10. The van der Waals surface area contributed by atoms with Gasteiger partial charge in [0.25, 0.3) is 11.5 Å². The highest BCUT2D eigenvalue weighted by Gasteiger charge is 2.22. The maximum absolute atomic E-state index is 12.6. The van der Waals surface area contributed by atoms with E-state index in [9.17, 15) is 9.59 Å². The summed E-state index contributed by atoms with van der Waals surface area (Å²) in [5, 5.41) is 3.65. The predicted octanol–water partition coefficient (Wildman–Crippen LogP) is 3.55. The van der Waals surface area contributed by atoms with E-state index < -0.39 is 0 Å². The van der Waals surface area contributed by atoms with Crippen molar-refractivity contribution in [3.63, 3.8) is 0 Å². The second-order valence-corrected chi connectivity index (χ2v) is 7.95. The minimum atomic E-state index is -0.198. The Labute approximate surface area is 147 Å². The number of benzene rings is 1. The number of H-pyrrole nitrogens is 1. The first kappa shape index (κ1) is 15.5. The van der Waals surface area contributed by atoms with Gasteiger partial charge in [-0.2, -0.15) is 0 Å². The minimum absolute atomic E-state index is 0.150. The molecule has 2 N–H and O–H groups in total. The maximum Gasteiger partial charge on any atom is 0.265 e. The Morgan fingerprint density at radius 1 is 1.38 bits per heavy atom. The van der Waals surface area contributed by atoms with Crippen LogP contribution in [0, 0.1) is 10.9 Å². The number of carbonyl (C=O) groups excluding carboxylic acids is 1. The molecule has 0 spiro atoms. The molecule has 1 fully saturated rings. The number of rotatable bonds is 2. The number of nitrogens with zero attached hydrogens (tertiary/aromatic N) is 1. The van der Waals surface area contributed by atoms with Crippen molar-refractivity contribution in [1.82, 2.24) is 14.7 Å². The van der Waals surface area contributed by atoms with Crippen molar-refractivity contribution < 1.29 is 4.79 Å². The number of fused-ring (bicyclic) bond motifs is 3. The van der Waals surface area contributed by atoms with Crippen molar-refractivity contribution >= 4 is 46.0 Å². The summed E-state index contributed by atoms with van der Waals surface area (Å²) in [6.45, 7) is 1.94. The summed E-state index contributed by atoms with van der Waals surface area (Å²) in [7, 11) is 0. The van der Waals surface area contributed by atoms with Gasteiger partial charge in [0, 0.05) is 6.04 Å². The van der Waals surface area contributed by atoms with Gasteiger partial charge in [-0.15, -0.1) is 0 Å². The molecule has 3 aromatic rings. The summed E-state index contributed by atoms with van der Waals surface area (Å²) >= 11 is 6.70. The molecule has 5 nitrogen and oxygen atoms in total. The van der Waals surface area contributed by atoms with Crippen molar-refractivity contribution in [3.05, 3.63) is 42.9 Å². The van der Waals surface area contributed by atoms with E-state index in [2.05, 4.69) is 10.3 Å². The van der Waals surface area contributed by atoms with Gasteiger partial charge in [-0.05, 0) is 44.1 Å². The zero-order valence-electron chi connectivity index (χ0n) is 13.2. The zero-order valence-corrected chi connectivity index (χ0v) is 14.9. The lowest BCUT2D eigenvalue weighted by atomic mass is 10.1. The SMILES string of the molecule is Cc1ccc2c(c1)c(=O)[nH]c1c(C(=O)NC3CCCC3)sc(=S)n12. The van der Waals surface area contributed by atoms with Crippen LogP contribution in [-0.4, -0.2) is 21.3 Å². The highest BCUT2D eigenvalue weighted by atomic mass is 32.1. The van der Waals surface area contributed by atoms with E-state index in [1.807, 2.05) is 25.1 Å². The Kier molecular flexibility index (Phi) is 3.77. The number of nitrogens with one attached hydrogen (secondary N) is 2. The topological polar surface area (TPSA) is 66.4 Å². The van der Waals surface area contributed by atoms with Crippen LogP contribution in [0.25, 0.3) is 16.6 Å². The molecule has 1 aliphatic rings. The third-order valence-corrected chi connectivity index (χ3v) is 5.95. The van der Waals surface area contributed by atoms with Crippen LogP contribution in [-0.2, 0) is 0 Å². The maximum atomic E-state index is 12.6. The number of carbonyl (C=O) groups is 1. The van der Waals surface area contributed by atoms with Crippen LogP contribution in [0.4, 0.5) is 0 Å². The molecule has 1 saturated carbocycles. The largest absolute Gasteiger partial charge is 0.348 e. The average molecular weight is 359 g/mol. The van der Waals surface area contributed by atoms with Gasteiger partial charge in [-0.3, -0.25) is 14.0 Å². The van der Waals surface area contributed by atoms with Gasteiger partial charge in [-0.1, -0.05) is 35.8 Å². The molecule has 0 radical (unpaired) electrons. The average Bonchev–Trinajstić information content (AvgIpc) is 3.16. The molecule has 0 atom stereocenters. The summed E-state index contributed by atoms with van der Waals surface area (Å²) in [6.07, 6.45) is 4.33. The molecule has 4 rings (SSSR count). The van der Waals surface area contributed by atoms with Crippen LogP contribution in [0.5, 0.6) is 0 Å². The summed E-state index contributed by atoms with van der Waals surface area (Å²) in [5.74, 6) is -0.150. The van der Waals surface area contributed by atoms with E-state index in [1.54, 1.807) is 4.40 Å². The Morgan fingerprint density at radius 2 is 2.12 bits per heavy atom. The van der Waals surface area contributed by atoms with E-state index in [0.717, 1.165) is 36.8 Å². The highest BCUT2D eigenvalue weighted by molar-refractivity contribution is 7.73. The van der Waals surface area contributed by atoms with Gasteiger partial charge in [-0.25, -0.2) is 0 Å². The van der Waals surface area contributed by atoms with Crippen LogP contribution >= 0.6 is 23.6 Å². The summed E-state index contributed by atoms with van der Waals surface area (Å²) in [5.41, 5.74) is 2.03. The number of thiazole rings is 1. The van der Waals surface area contributed by atoms with Crippen molar-refractivity contribution in [3.8, 4) is 0 Å². The van der Waals surface area contributed by atoms with Gasteiger partial charge in [0.1, 0.15) is 10.5 Å². The first-order valence-electron chi connectivity index (χ1n) is 8.03. The Hall–Kier alpha value is -1.99. The molecule has 1 aromatic carbocycles. The monoisotopic (exact) mass is 359 g/mol. The minimum Gasteiger partial charge on any atom is -0.348 e. The van der Waals surface area contributed by atoms with Crippen LogP contribution in [0.1, 0.15) is 40.9 Å².